The molecule has 7 nitrogen and oxygen atoms in total. The molecule has 1 aromatic rings. The standard InChI is InChI=1S/C17H25FN4O3/c1-10-9-21(11(2)8-20(10)4)17(23)16(19)12(3)13-5-6-15(22(24)25)14(18)7-13/h5-7,10-12,16H,8-9,19H2,1-4H3/t10?,11-,12+,16-/m1/s1. The van der Waals surface area contributed by atoms with Crippen LogP contribution in [0.4, 0.5) is 10.1 Å². The molecule has 1 saturated heterocycles. The van der Waals surface area contributed by atoms with Crippen LogP contribution in [0.2, 0.25) is 0 Å². The lowest BCUT2D eigenvalue weighted by atomic mass is 9.92. The molecule has 1 aliphatic heterocycles. The van der Waals surface area contributed by atoms with Crippen LogP contribution in [0.1, 0.15) is 32.3 Å². The van der Waals surface area contributed by atoms with E-state index in [9.17, 15) is 19.3 Å². The molecule has 1 aliphatic rings. The highest BCUT2D eigenvalue weighted by atomic mass is 19.1. The van der Waals surface area contributed by atoms with Crippen LogP contribution >= 0.6 is 0 Å². The summed E-state index contributed by atoms with van der Waals surface area (Å²) in [5.41, 5.74) is 6.04. The number of hydrogen-bond acceptors (Lipinski definition) is 5. The van der Waals surface area contributed by atoms with E-state index >= 15 is 0 Å². The van der Waals surface area contributed by atoms with Crippen molar-refractivity contribution in [1.29, 1.82) is 0 Å². The lowest BCUT2D eigenvalue weighted by molar-refractivity contribution is -0.387. The van der Waals surface area contributed by atoms with Crippen LogP contribution in [-0.2, 0) is 4.79 Å². The van der Waals surface area contributed by atoms with Gasteiger partial charge in [-0.05, 0) is 32.5 Å². The fraction of sp³-hybridized carbons (Fsp3) is 0.588. The maximum Gasteiger partial charge on any atom is 0.304 e. The molecule has 1 aromatic carbocycles. The highest BCUT2D eigenvalue weighted by Gasteiger charge is 2.34. The third kappa shape index (κ3) is 3.96. The molecule has 0 bridgehead atoms. The first kappa shape index (κ1) is 19.3. The largest absolute Gasteiger partial charge is 0.336 e. The van der Waals surface area contributed by atoms with Crippen molar-refractivity contribution in [2.45, 2.75) is 44.8 Å². The summed E-state index contributed by atoms with van der Waals surface area (Å²) in [6, 6.07) is 3.10. The Kier molecular flexibility index (Phi) is 5.74. The molecule has 4 atom stereocenters. The molecule has 2 rings (SSSR count). The fourth-order valence-electron chi connectivity index (χ4n) is 3.17. The molecule has 0 radical (unpaired) electrons. The summed E-state index contributed by atoms with van der Waals surface area (Å²) in [7, 11) is 2.02. The van der Waals surface area contributed by atoms with Crippen LogP contribution in [0.3, 0.4) is 0 Å². The number of likely N-dealkylation sites (N-methyl/N-ethyl adjacent to an activating group) is 1. The van der Waals surface area contributed by atoms with Crippen molar-refractivity contribution in [3.8, 4) is 0 Å². The van der Waals surface area contributed by atoms with Gasteiger partial charge in [0.15, 0.2) is 0 Å². The minimum Gasteiger partial charge on any atom is -0.336 e. The van der Waals surface area contributed by atoms with Crippen LogP contribution in [0.25, 0.3) is 0 Å². The Labute approximate surface area is 146 Å². The second-order valence-corrected chi connectivity index (χ2v) is 6.91. The molecule has 1 heterocycles. The molecule has 0 spiro atoms. The third-order valence-electron chi connectivity index (χ3n) is 5.10. The summed E-state index contributed by atoms with van der Waals surface area (Å²) in [5.74, 6) is -1.56. The molecule has 2 N–H and O–H groups in total. The van der Waals surface area contributed by atoms with Gasteiger partial charge in [-0.2, -0.15) is 4.39 Å². The molecule has 1 amide bonds. The first-order valence-corrected chi connectivity index (χ1v) is 8.33. The number of halogens is 1. The predicted molar refractivity (Wildman–Crippen MR) is 92.7 cm³/mol. The first-order valence-electron chi connectivity index (χ1n) is 8.33. The summed E-state index contributed by atoms with van der Waals surface area (Å²) >= 11 is 0. The van der Waals surface area contributed by atoms with Crippen LogP contribution in [0.5, 0.6) is 0 Å². The number of nitro groups is 1. The summed E-state index contributed by atoms with van der Waals surface area (Å²) < 4.78 is 13.9. The number of rotatable bonds is 4. The zero-order valence-electron chi connectivity index (χ0n) is 15.0. The molecule has 1 fully saturated rings. The van der Waals surface area contributed by atoms with E-state index in [1.54, 1.807) is 11.8 Å². The van der Waals surface area contributed by atoms with Crippen LogP contribution in [0, 0.1) is 15.9 Å². The topological polar surface area (TPSA) is 92.7 Å². The Hall–Kier alpha value is -2.06. The Bertz CT molecular complexity index is 669. The number of hydrogen-bond donors (Lipinski definition) is 1. The Morgan fingerprint density at radius 1 is 1.36 bits per heavy atom. The summed E-state index contributed by atoms with van der Waals surface area (Å²) in [5, 5.41) is 10.7. The van der Waals surface area contributed by atoms with Crippen LogP contribution < -0.4 is 5.73 Å². The molecular weight excluding hydrogens is 327 g/mol. The second kappa shape index (κ2) is 7.45. The van der Waals surface area contributed by atoms with Gasteiger partial charge in [0.1, 0.15) is 0 Å². The van der Waals surface area contributed by atoms with Crippen LogP contribution in [-0.4, -0.2) is 58.9 Å². The number of carbonyl (C=O) groups excluding carboxylic acids is 1. The average Bonchev–Trinajstić information content (AvgIpc) is 2.55. The number of carbonyl (C=O) groups is 1. The van der Waals surface area contributed by atoms with Gasteiger partial charge in [-0.3, -0.25) is 19.8 Å². The molecule has 0 saturated carbocycles. The van der Waals surface area contributed by atoms with E-state index in [2.05, 4.69) is 4.90 Å². The normalized spacial score (nSPS) is 24.0. The third-order valence-corrected chi connectivity index (χ3v) is 5.10. The van der Waals surface area contributed by atoms with E-state index in [0.717, 1.165) is 18.7 Å². The predicted octanol–water partition coefficient (Wildman–Crippen LogP) is 1.72. The van der Waals surface area contributed by atoms with Gasteiger partial charge < -0.3 is 10.6 Å². The average molecular weight is 352 g/mol. The van der Waals surface area contributed by atoms with Gasteiger partial charge in [-0.25, -0.2) is 0 Å². The van der Waals surface area contributed by atoms with Gasteiger partial charge in [0.2, 0.25) is 11.7 Å². The highest BCUT2D eigenvalue weighted by molar-refractivity contribution is 5.83. The Morgan fingerprint density at radius 3 is 2.56 bits per heavy atom. The number of piperazine rings is 1. The molecule has 138 valence electrons. The van der Waals surface area contributed by atoms with Crippen molar-refractivity contribution >= 4 is 11.6 Å². The van der Waals surface area contributed by atoms with Crippen molar-refractivity contribution in [3.63, 3.8) is 0 Å². The summed E-state index contributed by atoms with van der Waals surface area (Å²) in [6.07, 6.45) is 0. The smallest absolute Gasteiger partial charge is 0.304 e. The number of nitro benzene ring substituents is 1. The van der Waals surface area contributed by atoms with E-state index in [1.807, 2.05) is 20.9 Å². The molecule has 8 heteroatoms. The number of benzene rings is 1. The quantitative estimate of drug-likeness (QED) is 0.658. The SMILES string of the molecule is CC1CN(C(=O)[C@H](N)[C@@H](C)c2ccc([N+](=O)[O-])c(F)c2)[C@H](C)CN1C. The molecule has 0 aliphatic carbocycles. The fourth-order valence-corrected chi connectivity index (χ4v) is 3.17. The number of nitrogens with zero attached hydrogens (tertiary/aromatic N) is 3. The van der Waals surface area contributed by atoms with E-state index in [-0.39, 0.29) is 18.0 Å². The zero-order valence-corrected chi connectivity index (χ0v) is 15.0. The Morgan fingerprint density at radius 2 is 2.00 bits per heavy atom. The second-order valence-electron chi connectivity index (χ2n) is 6.91. The zero-order chi connectivity index (χ0) is 18.9. The van der Waals surface area contributed by atoms with Crippen molar-refractivity contribution in [3.05, 3.63) is 39.7 Å². The van der Waals surface area contributed by atoms with Gasteiger partial charge in [0.25, 0.3) is 0 Å². The molecule has 25 heavy (non-hydrogen) atoms. The molecule has 0 aromatic heterocycles. The van der Waals surface area contributed by atoms with Crippen molar-refractivity contribution in [2.75, 3.05) is 20.1 Å². The van der Waals surface area contributed by atoms with Crippen molar-refractivity contribution in [1.82, 2.24) is 9.80 Å². The minimum atomic E-state index is -0.921. The number of amides is 1. The summed E-state index contributed by atoms with van der Waals surface area (Å²) in [4.78, 5) is 26.7. The van der Waals surface area contributed by atoms with Gasteiger partial charge in [0.05, 0.1) is 11.0 Å². The summed E-state index contributed by atoms with van der Waals surface area (Å²) in [6.45, 7) is 7.11. The molecular formula is C17H25FN4O3. The van der Waals surface area contributed by atoms with Gasteiger partial charge in [0, 0.05) is 37.2 Å². The van der Waals surface area contributed by atoms with Gasteiger partial charge in [-0.1, -0.05) is 13.0 Å². The Balaban J connectivity index is 2.16. The van der Waals surface area contributed by atoms with Gasteiger partial charge >= 0.3 is 5.69 Å². The van der Waals surface area contributed by atoms with E-state index in [0.29, 0.717) is 12.1 Å². The molecule has 1 unspecified atom stereocenters. The first-order chi connectivity index (χ1) is 11.6. The maximum absolute atomic E-state index is 13.9. The number of nitrogens with two attached hydrogens (primary N) is 1. The monoisotopic (exact) mass is 352 g/mol. The van der Waals surface area contributed by atoms with E-state index in [4.69, 9.17) is 5.73 Å². The minimum absolute atomic E-state index is 0.0422. The highest BCUT2D eigenvalue weighted by Crippen LogP contribution is 2.26. The van der Waals surface area contributed by atoms with Crippen LogP contribution in [0.15, 0.2) is 18.2 Å². The lowest BCUT2D eigenvalue weighted by Gasteiger charge is -2.43. The van der Waals surface area contributed by atoms with E-state index < -0.39 is 28.4 Å². The van der Waals surface area contributed by atoms with Crippen molar-refractivity contribution in [2.24, 2.45) is 5.73 Å². The van der Waals surface area contributed by atoms with E-state index in [1.165, 1.54) is 6.07 Å². The van der Waals surface area contributed by atoms with Crippen molar-refractivity contribution < 1.29 is 14.1 Å². The maximum atomic E-state index is 13.9. The lowest BCUT2D eigenvalue weighted by Crippen LogP contribution is -2.60. The van der Waals surface area contributed by atoms with Gasteiger partial charge in [-0.15, -0.1) is 0 Å².